The van der Waals surface area contributed by atoms with Gasteiger partial charge in [0.25, 0.3) is 11.8 Å². The highest BCUT2D eigenvalue weighted by molar-refractivity contribution is 7.90. The van der Waals surface area contributed by atoms with Gasteiger partial charge in [0.15, 0.2) is 0 Å². The summed E-state index contributed by atoms with van der Waals surface area (Å²) in [6.45, 7) is 0. The van der Waals surface area contributed by atoms with Crippen molar-refractivity contribution in [3.05, 3.63) is 59.7 Å². The van der Waals surface area contributed by atoms with Gasteiger partial charge in [-0.3, -0.25) is 9.59 Å². The van der Waals surface area contributed by atoms with Gasteiger partial charge in [-0.25, -0.2) is 26.3 Å². The van der Waals surface area contributed by atoms with Crippen LogP contribution in [0.25, 0.3) is 0 Å². The highest BCUT2D eigenvalue weighted by Gasteiger charge is 2.55. The summed E-state index contributed by atoms with van der Waals surface area (Å²) < 4.78 is 60.9. The maximum atomic E-state index is 13.7. The predicted molar refractivity (Wildman–Crippen MR) is 252 cm³/mol. The lowest BCUT2D eigenvalue weighted by molar-refractivity contribution is -0.0168. The second-order valence-electron chi connectivity index (χ2n) is 25.5. The van der Waals surface area contributed by atoms with Gasteiger partial charge in [0.1, 0.15) is 0 Å². The second kappa shape index (κ2) is 15.9. The molecule has 4 N–H and O–H groups in total. The molecule has 16 fully saturated rings. The van der Waals surface area contributed by atoms with Crippen LogP contribution in [0.4, 0.5) is 0 Å². The molecule has 16 bridgehead atoms. The number of rotatable bonds is 10. The molecule has 2 amide bonds. The molecule has 2 aromatic rings. The Labute approximate surface area is 393 Å². The van der Waals surface area contributed by atoms with Gasteiger partial charge in [-0.1, -0.05) is 24.3 Å². The standard InChI is InChI=1S/2C27H36N2O3S/c30-25(28-26-11-17-5-18(12-26)7-19(6-17)13-26)23-3-1-2-4-24(23)33(31,32)29-27-14-20-8-21(15-27)10-22(9-20)16-27;30-27(28-25-19-7-15-5-16(9-19)10-20(25)8-15)23-3-1-2-4-24(23)33(31,32)29-26-21-11-17-6-18(13-21)14-22(26)12-17/h1-4,17-22,29H,5-16H2,(H,28,30);1-4,15-22,25-26,29H,5-14H2,(H,28,30). The van der Waals surface area contributed by atoms with Crippen molar-refractivity contribution >= 4 is 31.9 Å². The molecule has 356 valence electrons. The van der Waals surface area contributed by atoms with E-state index in [0.717, 1.165) is 106 Å². The van der Waals surface area contributed by atoms with Crippen molar-refractivity contribution in [2.75, 3.05) is 0 Å². The smallest absolute Gasteiger partial charge is 0.253 e. The van der Waals surface area contributed by atoms with E-state index in [-0.39, 0.29) is 44.8 Å². The number of amides is 2. The summed E-state index contributed by atoms with van der Waals surface area (Å²) in [6, 6.07) is 13.9. The molecule has 66 heavy (non-hydrogen) atoms. The van der Waals surface area contributed by atoms with Crippen LogP contribution < -0.4 is 20.1 Å². The predicted octanol–water partition coefficient (Wildman–Crippen LogP) is 8.98. The quantitative estimate of drug-likeness (QED) is 0.187. The zero-order chi connectivity index (χ0) is 44.7. The molecule has 0 spiro atoms. The van der Waals surface area contributed by atoms with E-state index >= 15 is 0 Å². The van der Waals surface area contributed by atoms with Crippen molar-refractivity contribution < 1.29 is 26.4 Å². The van der Waals surface area contributed by atoms with Crippen molar-refractivity contribution in [3.63, 3.8) is 0 Å². The average Bonchev–Trinajstić information content (AvgIpc) is 3.24. The van der Waals surface area contributed by atoms with Crippen molar-refractivity contribution in [1.29, 1.82) is 0 Å². The average molecular weight is 937 g/mol. The van der Waals surface area contributed by atoms with Crippen LogP contribution in [0.5, 0.6) is 0 Å². The van der Waals surface area contributed by atoms with Gasteiger partial charge in [0.2, 0.25) is 20.0 Å². The number of carbonyl (C=O) groups excluding carboxylic acids is 2. The molecule has 0 atom stereocenters. The number of benzene rings is 2. The number of hydrogen-bond acceptors (Lipinski definition) is 6. The Morgan fingerprint density at radius 1 is 0.409 bits per heavy atom. The first kappa shape index (κ1) is 43.2. The fraction of sp³-hybridized carbons (Fsp3) is 0.741. The van der Waals surface area contributed by atoms with Crippen molar-refractivity contribution in [1.82, 2.24) is 20.1 Å². The SMILES string of the molecule is O=C(NC12CC3CC(CC(C3)C1)C2)c1ccccc1S(=O)(=O)NC12CC3CC(CC(C3)C1)C2.O=C(NC1C2CC3CC(C2)CC1C3)c1ccccc1S(=O)(=O)NC1C2CC3CC(C2)CC1C3. The fourth-order valence-corrected chi connectivity index (χ4v) is 22.9. The molecule has 0 heterocycles. The van der Waals surface area contributed by atoms with Gasteiger partial charge >= 0.3 is 0 Å². The third-order valence-corrected chi connectivity index (χ3v) is 23.8. The summed E-state index contributed by atoms with van der Waals surface area (Å²) in [5.41, 5.74) is 0.181. The molecule has 16 saturated carbocycles. The van der Waals surface area contributed by atoms with Crippen LogP contribution >= 0.6 is 0 Å². The minimum atomic E-state index is -3.78. The topological polar surface area (TPSA) is 151 Å². The summed E-state index contributed by atoms with van der Waals surface area (Å²) >= 11 is 0. The summed E-state index contributed by atoms with van der Waals surface area (Å²) in [4.78, 5) is 27.3. The van der Waals surface area contributed by atoms with E-state index in [1.165, 1.54) is 77.0 Å². The first-order chi connectivity index (χ1) is 31.7. The first-order valence-corrected chi connectivity index (χ1v) is 29.6. The first-order valence-electron chi connectivity index (χ1n) is 26.6. The Hall–Kier alpha value is -2.80. The Kier molecular flexibility index (Phi) is 10.4. The highest BCUT2D eigenvalue weighted by Crippen LogP contribution is 2.58. The minimum absolute atomic E-state index is 0.0309. The second-order valence-corrected chi connectivity index (χ2v) is 28.8. The van der Waals surface area contributed by atoms with Gasteiger partial charge in [-0.2, -0.15) is 0 Å². The molecular formula is C54H72N4O6S2. The van der Waals surface area contributed by atoms with E-state index < -0.39 is 20.0 Å². The van der Waals surface area contributed by atoms with E-state index in [1.807, 2.05) is 0 Å². The van der Waals surface area contributed by atoms with Gasteiger partial charge < -0.3 is 10.6 Å². The summed E-state index contributed by atoms with van der Waals surface area (Å²) in [5.74, 6) is 9.11. The zero-order valence-electron chi connectivity index (χ0n) is 38.7. The zero-order valence-corrected chi connectivity index (χ0v) is 40.3. The molecule has 12 heteroatoms. The lowest BCUT2D eigenvalue weighted by Gasteiger charge is -2.57. The van der Waals surface area contributed by atoms with Crippen LogP contribution in [0.15, 0.2) is 58.3 Å². The van der Waals surface area contributed by atoms with Crippen molar-refractivity contribution in [2.45, 2.75) is 174 Å². The van der Waals surface area contributed by atoms with Crippen LogP contribution in [0, 0.1) is 82.9 Å². The van der Waals surface area contributed by atoms with Gasteiger partial charge in [0, 0.05) is 23.2 Å². The van der Waals surface area contributed by atoms with Crippen LogP contribution in [-0.4, -0.2) is 51.8 Å². The number of sulfonamides is 2. The lowest BCUT2D eigenvalue weighted by Crippen LogP contribution is -2.60. The monoisotopic (exact) mass is 936 g/mol. The van der Waals surface area contributed by atoms with Gasteiger partial charge in [-0.15, -0.1) is 0 Å². The summed E-state index contributed by atoms with van der Waals surface area (Å²) in [6.07, 6.45) is 26.1. The molecule has 16 aliphatic carbocycles. The third kappa shape index (κ3) is 7.75. The Balaban J connectivity index is 0.000000132. The maximum Gasteiger partial charge on any atom is 0.253 e. The van der Waals surface area contributed by atoms with Crippen LogP contribution in [-0.2, 0) is 20.0 Å². The van der Waals surface area contributed by atoms with Gasteiger partial charge in [-0.05, 0) is 248 Å². The largest absolute Gasteiger partial charge is 0.349 e. The van der Waals surface area contributed by atoms with E-state index in [2.05, 4.69) is 20.1 Å². The normalized spacial score (nSPS) is 44.8. The molecule has 2 aromatic carbocycles. The minimum Gasteiger partial charge on any atom is -0.349 e. The third-order valence-electron chi connectivity index (χ3n) is 20.7. The molecule has 16 aliphatic rings. The van der Waals surface area contributed by atoms with Crippen molar-refractivity contribution in [2.24, 2.45) is 82.9 Å². The molecule has 0 radical (unpaired) electrons. The Bertz CT molecular complexity index is 2380. The summed E-state index contributed by atoms with van der Waals surface area (Å²) in [5, 5.41) is 6.70. The van der Waals surface area contributed by atoms with E-state index in [0.29, 0.717) is 52.6 Å². The summed E-state index contributed by atoms with van der Waals surface area (Å²) in [7, 11) is -7.53. The fourth-order valence-electron chi connectivity index (χ4n) is 19.7. The molecule has 0 aromatic heterocycles. The Morgan fingerprint density at radius 3 is 1.20 bits per heavy atom. The van der Waals surface area contributed by atoms with Crippen LogP contribution in [0.1, 0.15) is 162 Å². The van der Waals surface area contributed by atoms with Crippen LogP contribution in [0.2, 0.25) is 0 Å². The highest BCUT2D eigenvalue weighted by atomic mass is 32.2. The van der Waals surface area contributed by atoms with Crippen LogP contribution in [0.3, 0.4) is 0 Å². The molecule has 10 nitrogen and oxygen atoms in total. The molecular weight excluding hydrogens is 865 g/mol. The lowest BCUT2D eigenvalue weighted by atomic mass is 9.53. The molecule has 0 unspecified atom stereocenters. The Morgan fingerprint density at radius 2 is 0.758 bits per heavy atom. The van der Waals surface area contributed by atoms with E-state index in [4.69, 9.17) is 0 Å². The molecule has 18 rings (SSSR count). The maximum absolute atomic E-state index is 13.7. The molecule has 0 aliphatic heterocycles. The van der Waals surface area contributed by atoms with E-state index in [9.17, 15) is 26.4 Å². The van der Waals surface area contributed by atoms with E-state index in [1.54, 1.807) is 48.5 Å². The van der Waals surface area contributed by atoms with Crippen molar-refractivity contribution in [3.8, 4) is 0 Å². The van der Waals surface area contributed by atoms with Gasteiger partial charge in [0.05, 0.1) is 20.9 Å². The number of carbonyl (C=O) groups is 2. The molecule has 0 saturated heterocycles. The number of nitrogens with one attached hydrogen (secondary N) is 4. The number of hydrogen-bond donors (Lipinski definition) is 4.